The third kappa shape index (κ3) is 5.96. The second-order valence-electron chi connectivity index (χ2n) is 3.11. The summed E-state index contributed by atoms with van der Waals surface area (Å²) in [6, 6.07) is 0. The molecule has 1 nitrogen and oxygen atoms in total. The predicted octanol–water partition coefficient (Wildman–Crippen LogP) is 2.23. The van der Waals surface area contributed by atoms with Crippen LogP contribution in [0.25, 0.3) is 0 Å². The highest BCUT2D eigenvalue weighted by Gasteiger charge is 2.08. The molecule has 1 heteroatoms. The van der Waals surface area contributed by atoms with Gasteiger partial charge in [0.25, 0.3) is 0 Å². The molecule has 0 unspecified atom stereocenters. The summed E-state index contributed by atoms with van der Waals surface area (Å²) in [5, 5.41) is 0. The molecule has 0 atom stereocenters. The fraction of sp³-hybridized carbons (Fsp3) is 0.857. The van der Waals surface area contributed by atoms with Gasteiger partial charge in [-0.25, -0.2) is 0 Å². The van der Waals surface area contributed by atoms with Gasteiger partial charge in [-0.05, 0) is 12.3 Å². The summed E-state index contributed by atoms with van der Waals surface area (Å²) in [4.78, 5) is 0. The molecule has 0 fully saturated rings. The van der Waals surface area contributed by atoms with Gasteiger partial charge in [0.1, 0.15) is 0 Å². The van der Waals surface area contributed by atoms with Crippen molar-refractivity contribution in [3.8, 4) is 0 Å². The Hall–Kier alpha value is -0.0400. The third-order valence-electron chi connectivity index (χ3n) is 0.683. The lowest BCUT2D eigenvalue weighted by Gasteiger charge is -2.16. The second-order valence-corrected chi connectivity index (χ2v) is 3.11. The van der Waals surface area contributed by atoms with E-state index in [2.05, 4.69) is 20.8 Å². The van der Waals surface area contributed by atoms with Crippen LogP contribution in [-0.4, -0.2) is 6.61 Å². The van der Waals surface area contributed by atoms with Crippen LogP contribution < -0.4 is 0 Å². The minimum atomic E-state index is 0.298. The smallest absolute Gasteiger partial charge is 0.0806 e. The van der Waals surface area contributed by atoms with E-state index in [1.54, 1.807) is 6.61 Å². The first-order chi connectivity index (χ1) is 3.56. The van der Waals surface area contributed by atoms with Crippen LogP contribution >= 0.6 is 0 Å². The van der Waals surface area contributed by atoms with E-state index in [1.807, 2.05) is 6.92 Å². The number of ether oxygens (including phenoxy) is 1. The van der Waals surface area contributed by atoms with Gasteiger partial charge in [0, 0.05) is 0 Å². The Labute approximate surface area is 52.0 Å². The molecule has 0 saturated carbocycles. The molecule has 0 aliphatic carbocycles. The molecular formula is C7H15O. The average molecular weight is 115 g/mol. The minimum absolute atomic E-state index is 0.298. The Morgan fingerprint density at radius 3 is 2.00 bits per heavy atom. The highest BCUT2D eigenvalue weighted by Crippen LogP contribution is 2.12. The van der Waals surface area contributed by atoms with E-state index in [4.69, 9.17) is 4.74 Å². The highest BCUT2D eigenvalue weighted by molar-refractivity contribution is 4.59. The number of hydrogen-bond donors (Lipinski definition) is 0. The Balaban J connectivity index is 3.11. The Morgan fingerprint density at radius 2 is 1.88 bits per heavy atom. The van der Waals surface area contributed by atoms with Crippen molar-refractivity contribution in [1.82, 2.24) is 0 Å². The van der Waals surface area contributed by atoms with Gasteiger partial charge in [-0.15, -0.1) is 0 Å². The van der Waals surface area contributed by atoms with Gasteiger partial charge in [0.2, 0.25) is 0 Å². The molecule has 0 amide bonds. The maximum absolute atomic E-state index is 5.07. The van der Waals surface area contributed by atoms with E-state index in [0.29, 0.717) is 5.41 Å². The third-order valence-corrected chi connectivity index (χ3v) is 0.683. The van der Waals surface area contributed by atoms with E-state index >= 15 is 0 Å². The first kappa shape index (κ1) is 7.96. The van der Waals surface area contributed by atoms with Gasteiger partial charge >= 0.3 is 0 Å². The van der Waals surface area contributed by atoms with Crippen LogP contribution in [0.5, 0.6) is 0 Å². The van der Waals surface area contributed by atoms with E-state index in [-0.39, 0.29) is 0 Å². The van der Waals surface area contributed by atoms with E-state index in [9.17, 15) is 0 Å². The largest absolute Gasteiger partial charge is 0.375 e. The molecule has 0 saturated heterocycles. The summed E-state index contributed by atoms with van der Waals surface area (Å²) < 4.78 is 5.07. The van der Waals surface area contributed by atoms with Crippen molar-refractivity contribution in [2.45, 2.75) is 27.7 Å². The zero-order valence-electron chi connectivity index (χ0n) is 6.19. The quantitative estimate of drug-likeness (QED) is 0.536. The lowest BCUT2D eigenvalue weighted by Crippen LogP contribution is -2.12. The van der Waals surface area contributed by atoms with Crippen LogP contribution in [0, 0.1) is 12.0 Å². The topological polar surface area (TPSA) is 9.23 Å². The number of rotatable bonds is 2. The monoisotopic (exact) mass is 115 g/mol. The summed E-state index contributed by atoms with van der Waals surface area (Å²) >= 11 is 0. The van der Waals surface area contributed by atoms with Gasteiger partial charge < -0.3 is 4.74 Å². The standard InChI is InChI=1S/C7H15O/c1-5-8-6-7(2,3)4/h5H,6H2,1-4H3. The second kappa shape index (κ2) is 3.08. The van der Waals surface area contributed by atoms with Crippen molar-refractivity contribution in [3.63, 3.8) is 0 Å². The minimum Gasteiger partial charge on any atom is -0.375 e. The molecule has 0 aromatic carbocycles. The van der Waals surface area contributed by atoms with Gasteiger partial charge in [-0.1, -0.05) is 20.8 Å². The van der Waals surface area contributed by atoms with Gasteiger partial charge in [0.15, 0.2) is 0 Å². The maximum atomic E-state index is 5.07. The lowest BCUT2D eigenvalue weighted by atomic mass is 9.99. The SMILES string of the molecule is C[CH]OCC(C)(C)C. The van der Waals surface area contributed by atoms with Crippen molar-refractivity contribution in [2.75, 3.05) is 6.61 Å². The summed E-state index contributed by atoms with van der Waals surface area (Å²) in [5.41, 5.74) is 0.298. The molecule has 49 valence electrons. The molecule has 0 N–H and O–H groups in total. The fourth-order valence-corrected chi connectivity index (χ4v) is 0.333. The van der Waals surface area contributed by atoms with Crippen LogP contribution in [0.2, 0.25) is 0 Å². The van der Waals surface area contributed by atoms with Crippen LogP contribution in [0.3, 0.4) is 0 Å². The Morgan fingerprint density at radius 1 is 1.38 bits per heavy atom. The van der Waals surface area contributed by atoms with Gasteiger partial charge in [0.05, 0.1) is 13.2 Å². The van der Waals surface area contributed by atoms with Crippen LogP contribution in [0.15, 0.2) is 0 Å². The molecule has 0 bridgehead atoms. The van der Waals surface area contributed by atoms with Crippen molar-refractivity contribution in [3.05, 3.63) is 6.61 Å². The number of hydrogen-bond acceptors (Lipinski definition) is 1. The molecule has 1 radical (unpaired) electrons. The summed E-state index contributed by atoms with van der Waals surface area (Å²) in [6.45, 7) is 10.9. The van der Waals surface area contributed by atoms with Crippen LogP contribution in [-0.2, 0) is 4.74 Å². The summed E-state index contributed by atoms with van der Waals surface area (Å²) in [5.74, 6) is 0. The zero-order valence-corrected chi connectivity index (χ0v) is 6.19. The fourth-order valence-electron chi connectivity index (χ4n) is 0.333. The zero-order chi connectivity index (χ0) is 6.62. The van der Waals surface area contributed by atoms with Crippen LogP contribution in [0.1, 0.15) is 27.7 Å². The molecule has 8 heavy (non-hydrogen) atoms. The molecular weight excluding hydrogens is 100 g/mol. The lowest BCUT2D eigenvalue weighted by molar-refractivity contribution is 0.121. The molecule has 0 aliphatic rings. The van der Waals surface area contributed by atoms with Gasteiger partial charge in [-0.2, -0.15) is 0 Å². The van der Waals surface area contributed by atoms with E-state index < -0.39 is 0 Å². The molecule has 0 aliphatic heterocycles. The first-order valence-electron chi connectivity index (χ1n) is 2.96. The van der Waals surface area contributed by atoms with Crippen molar-refractivity contribution >= 4 is 0 Å². The summed E-state index contributed by atoms with van der Waals surface area (Å²) in [6.07, 6.45) is 0. The van der Waals surface area contributed by atoms with Crippen molar-refractivity contribution in [2.24, 2.45) is 5.41 Å². The Bertz CT molecular complexity index is 51.9. The van der Waals surface area contributed by atoms with Crippen LogP contribution in [0.4, 0.5) is 0 Å². The van der Waals surface area contributed by atoms with Crippen molar-refractivity contribution < 1.29 is 4.74 Å². The molecule has 0 aromatic rings. The van der Waals surface area contributed by atoms with Gasteiger partial charge in [-0.3, -0.25) is 0 Å². The molecule has 0 spiro atoms. The Kier molecular flexibility index (Phi) is 3.06. The van der Waals surface area contributed by atoms with Crippen molar-refractivity contribution in [1.29, 1.82) is 0 Å². The normalized spacial score (nSPS) is 12.0. The molecule has 0 heterocycles. The first-order valence-corrected chi connectivity index (χ1v) is 2.96. The molecule has 0 aromatic heterocycles. The summed E-state index contributed by atoms with van der Waals surface area (Å²) in [7, 11) is 0. The highest BCUT2D eigenvalue weighted by atomic mass is 16.5. The molecule has 0 rings (SSSR count). The predicted molar refractivity (Wildman–Crippen MR) is 35.4 cm³/mol. The van der Waals surface area contributed by atoms with E-state index in [0.717, 1.165) is 6.61 Å². The van der Waals surface area contributed by atoms with E-state index in [1.165, 1.54) is 0 Å². The average Bonchev–Trinajstić information content (AvgIpc) is 1.59. The maximum Gasteiger partial charge on any atom is 0.0806 e.